The van der Waals surface area contributed by atoms with Gasteiger partial charge in [0.2, 0.25) is 0 Å². The molecule has 0 spiro atoms. The molecular formula is C13H8N4O5. The first kappa shape index (κ1) is 14.9. The third kappa shape index (κ3) is 2.80. The lowest BCUT2D eigenvalue weighted by atomic mass is 10.1. The largest absolute Gasteiger partial charge is 0.477 e. The van der Waals surface area contributed by atoms with E-state index in [0.29, 0.717) is 5.56 Å². The number of nitro groups is 1. The summed E-state index contributed by atoms with van der Waals surface area (Å²) in [5.74, 6) is -1.44. The van der Waals surface area contributed by atoms with Gasteiger partial charge in [0.15, 0.2) is 0 Å². The number of carboxylic acids is 1. The monoisotopic (exact) mass is 300 g/mol. The average molecular weight is 300 g/mol. The van der Waals surface area contributed by atoms with Gasteiger partial charge < -0.3 is 5.11 Å². The van der Waals surface area contributed by atoms with Crippen LogP contribution in [0.15, 0.2) is 35.1 Å². The number of rotatable bonds is 4. The van der Waals surface area contributed by atoms with Crippen molar-refractivity contribution in [3.8, 4) is 17.3 Å². The number of aromatic carboxylic acids is 1. The number of non-ortho nitro benzene ring substituents is 1. The van der Waals surface area contributed by atoms with Crippen molar-refractivity contribution in [1.29, 1.82) is 5.26 Å². The third-order valence-corrected chi connectivity index (χ3v) is 2.80. The number of carbonyl (C=O) groups is 1. The summed E-state index contributed by atoms with van der Waals surface area (Å²) in [4.78, 5) is 32.9. The number of nitriles is 1. The normalized spacial score (nSPS) is 9.95. The molecule has 2 aromatic rings. The molecule has 1 N–H and O–H groups in total. The first-order valence-corrected chi connectivity index (χ1v) is 5.91. The molecule has 9 nitrogen and oxygen atoms in total. The summed E-state index contributed by atoms with van der Waals surface area (Å²) >= 11 is 0. The number of nitrogens with zero attached hydrogens (tertiary/aromatic N) is 4. The number of hydrogen-bond acceptors (Lipinski definition) is 6. The summed E-state index contributed by atoms with van der Waals surface area (Å²) < 4.78 is 0.736. The fraction of sp³-hybridized carbons (Fsp3) is 0.0769. The number of aromatic nitrogens is 2. The fourth-order valence-corrected chi connectivity index (χ4v) is 1.76. The SMILES string of the molecule is N#CCn1nc(-c2ccc([N+](=O)[O-])cc2)cc(C(=O)O)c1=O. The van der Waals surface area contributed by atoms with Gasteiger partial charge in [0.05, 0.1) is 16.7 Å². The average Bonchev–Trinajstić information content (AvgIpc) is 2.49. The Morgan fingerprint density at radius 2 is 2.05 bits per heavy atom. The second-order valence-electron chi connectivity index (χ2n) is 4.17. The van der Waals surface area contributed by atoms with Crippen molar-refractivity contribution in [2.24, 2.45) is 0 Å². The zero-order valence-electron chi connectivity index (χ0n) is 11.0. The molecule has 0 aliphatic carbocycles. The molecule has 0 saturated heterocycles. The summed E-state index contributed by atoms with van der Waals surface area (Å²) in [5.41, 5.74) is -1.03. The Morgan fingerprint density at radius 1 is 1.41 bits per heavy atom. The van der Waals surface area contributed by atoms with Crippen LogP contribution in [0.5, 0.6) is 0 Å². The highest BCUT2D eigenvalue weighted by molar-refractivity contribution is 5.88. The zero-order chi connectivity index (χ0) is 16.3. The molecule has 0 amide bonds. The summed E-state index contributed by atoms with van der Waals surface area (Å²) in [6, 6.07) is 8.01. The van der Waals surface area contributed by atoms with Crippen molar-refractivity contribution in [1.82, 2.24) is 9.78 Å². The maximum Gasteiger partial charge on any atom is 0.341 e. The molecule has 1 aromatic heterocycles. The number of carboxylic acid groups (broad SMARTS) is 1. The van der Waals surface area contributed by atoms with Gasteiger partial charge in [-0.1, -0.05) is 0 Å². The zero-order valence-corrected chi connectivity index (χ0v) is 11.0. The lowest BCUT2D eigenvalue weighted by Crippen LogP contribution is -2.28. The van der Waals surface area contributed by atoms with Gasteiger partial charge >= 0.3 is 5.97 Å². The highest BCUT2D eigenvalue weighted by atomic mass is 16.6. The molecule has 1 heterocycles. The summed E-state index contributed by atoms with van der Waals surface area (Å²) in [5, 5.41) is 32.2. The van der Waals surface area contributed by atoms with E-state index in [9.17, 15) is 19.7 Å². The van der Waals surface area contributed by atoms with E-state index in [0.717, 1.165) is 10.7 Å². The maximum atomic E-state index is 11.8. The molecule has 0 bridgehead atoms. The minimum absolute atomic E-state index is 0.127. The van der Waals surface area contributed by atoms with Gasteiger partial charge in [-0.25, -0.2) is 9.48 Å². The predicted octanol–water partition coefficient (Wildman–Crippen LogP) is 1.04. The Balaban J connectivity index is 2.60. The van der Waals surface area contributed by atoms with E-state index in [1.807, 2.05) is 0 Å². The number of benzene rings is 1. The molecule has 22 heavy (non-hydrogen) atoms. The van der Waals surface area contributed by atoms with Crippen molar-refractivity contribution in [2.75, 3.05) is 0 Å². The number of nitro benzene ring substituents is 1. The lowest BCUT2D eigenvalue weighted by molar-refractivity contribution is -0.384. The predicted molar refractivity (Wildman–Crippen MR) is 73.2 cm³/mol. The van der Waals surface area contributed by atoms with Gasteiger partial charge in [-0.05, 0) is 18.2 Å². The van der Waals surface area contributed by atoms with Crippen LogP contribution in [-0.4, -0.2) is 25.8 Å². The van der Waals surface area contributed by atoms with Crippen LogP contribution in [0.2, 0.25) is 0 Å². The Hall–Kier alpha value is -3.54. The van der Waals surface area contributed by atoms with Crippen molar-refractivity contribution >= 4 is 11.7 Å². The van der Waals surface area contributed by atoms with Gasteiger partial charge in [-0.2, -0.15) is 10.4 Å². The van der Waals surface area contributed by atoms with Gasteiger partial charge in [0.1, 0.15) is 12.1 Å². The van der Waals surface area contributed by atoms with Crippen LogP contribution in [0.1, 0.15) is 10.4 Å². The standard InChI is InChI=1S/C13H8N4O5/c14-5-6-16-12(18)10(13(19)20)7-11(15-16)8-1-3-9(4-2-8)17(21)22/h1-4,7H,6H2,(H,19,20). The van der Waals surface area contributed by atoms with E-state index < -0.39 is 28.6 Å². The topological polar surface area (TPSA) is 139 Å². The van der Waals surface area contributed by atoms with E-state index in [1.54, 1.807) is 6.07 Å². The summed E-state index contributed by atoms with van der Waals surface area (Å²) in [7, 11) is 0. The minimum Gasteiger partial charge on any atom is -0.477 e. The molecule has 0 saturated carbocycles. The second kappa shape index (κ2) is 5.84. The van der Waals surface area contributed by atoms with Crippen molar-refractivity contribution in [3.05, 3.63) is 56.4 Å². The molecule has 0 atom stereocenters. The highest BCUT2D eigenvalue weighted by Crippen LogP contribution is 2.20. The van der Waals surface area contributed by atoms with Crippen molar-refractivity contribution in [2.45, 2.75) is 6.54 Å². The van der Waals surface area contributed by atoms with Gasteiger partial charge in [-0.3, -0.25) is 14.9 Å². The first-order valence-electron chi connectivity index (χ1n) is 5.91. The van der Waals surface area contributed by atoms with Gasteiger partial charge in [-0.15, -0.1) is 0 Å². The molecule has 0 radical (unpaired) electrons. The molecule has 110 valence electrons. The Bertz CT molecular complexity index is 848. The van der Waals surface area contributed by atoms with Crippen molar-refractivity contribution < 1.29 is 14.8 Å². The van der Waals surface area contributed by atoms with Crippen LogP contribution >= 0.6 is 0 Å². The van der Waals surface area contributed by atoms with Gasteiger partial charge in [0, 0.05) is 17.7 Å². The van der Waals surface area contributed by atoms with E-state index >= 15 is 0 Å². The third-order valence-electron chi connectivity index (χ3n) is 2.80. The van der Waals surface area contributed by atoms with E-state index in [2.05, 4.69) is 5.10 Å². The van der Waals surface area contributed by atoms with Crippen LogP contribution in [0.4, 0.5) is 5.69 Å². The quantitative estimate of drug-likeness (QED) is 0.657. The molecule has 0 unspecified atom stereocenters. The molecule has 0 aliphatic rings. The summed E-state index contributed by atoms with van der Waals surface area (Å²) in [6.07, 6.45) is 0. The second-order valence-corrected chi connectivity index (χ2v) is 4.17. The Labute approximate surface area is 122 Å². The van der Waals surface area contributed by atoms with Crippen LogP contribution in [-0.2, 0) is 6.54 Å². The van der Waals surface area contributed by atoms with Crippen LogP contribution in [0, 0.1) is 21.4 Å². The smallest absolute Gasteiger partial charge is 0.341 e. The Kier molecular flexibility index (Phi) is 3.94. The van der Waals surface area contributed by atoms with Gasteiger partial charge in [0.25, 0.3) is 11.2 Å². The molecule has 2 rings (SSSR count). The summed E-state index contributed by atoms with van der Waals surface area (Å²) in [6.45, 7) is -0.403. The van der Waals surface area contributed by atoms with Crippen LogP contribution < -0.4 is 5.56 Å². The molecular weight excluding hydrogens is 292 g/mol. The first-order chi connectivity index (χ1) is 10.4. The van der Waals surface area contributed by atoms with Crippen LogP contribution in [0.25, 0.3) is 11.3 Å². The van der Waals surface area contributed by atoms with Crippen molar-refractivity contribution in [3.63, 3.8) is 0 Å². The van der Waals surface area contributed by atoms with E-state index in [-0.39, 0.29) is 11.4 Å². The van der Waals surface area contributed by atoms with E-state index in [1.165, 1.54) is 24.3 Å². The highest BCUT2D eigenvalue weighted by Gasteiger charge is 2.16. The Morgan fingerprint density at radius 3 is 2.55 bits per heavy atom. The molecule has 1 aromatic carbocycles. The molecule has 0 aliphatic heterocycles. The minimum atomic E-state index is -1.44. The van der Waals surface area contributed by atoms with Crippen LogP contribution in [0.3, 0.4) is 0 Å². The fourth-order valence-electron chi connectivity index (χ4n) is 1.76. The molecule has 0 fully saturated rings. The maximum absolute atomic E-state index is 11.8. The lowest BCUT2D eigenvalue weighted by Gasteiger charge is -2.06. The molecule has 9 heteroatoms. The van der Waals surface area contributed by atoms with E-state index in [4.69, 9.17) is 10.4 Å². The number of hydrogen-bond donors (Lipinski definition) is 1.